The van der Waals surface area contributed by atoms with Gasteiger partial charge in [-0.15, -0.1) is 11.3 Å². The quantitative estimate of drug-likeness (QED) is 0.886. The summed E-state index contributed by atoms with van der Waals surface area (Å²) in [5, 5.41) is 0.118. The Bertz CT molecular complexity index is 687. The summed E-state index contributed by atoms with van der Waals surface area (Å²) in [4.78, 5) is 27.1. The normalized spacial score (nSPS) is 10.8. The van der Waals surface area contributed by atoms with E-state index in [1.165, 1.54) is 11.3 Å². The first-order valence-corrected chi connectivity index (χ1v) is 6.86. The number of halogens is 2. The highest BCUT2D eigenvalue weighted by Gasteiger charge is 2.12. The van der Waals surface area contributed by atoms with Gasteiger partial charge in [0.15, 0.2) is 0 Å². The maximum atomic E-state index is 12.1. The third-order valence-corrected chi connectivity index (χ3v) is 4.06. The van der Waals surface area contributed by atoms with Gasteiger partial charge in [-0.3, -0.25) is 14.3 Å². The molecule has 0 radical (unpaired) electrons. The van der Waals surface area contributed by atoms with Gasteiger partial charge in [-0.25, -0.2) is 4.79 Å². The Kier molecular flexibility index (Phi) is 3.94. The SMILES string of the molecule is CCc1c(Cl)[nH]c(=O)n(Cc2ccc(Cl)s2)c1=O. The van der Waals surface area contributed by atoms with Gasteiger partial charge in [-0.05, 0) is 18.6 Å². The third-order valence-electron chi connectivity index (χ3n) is 2.53. The molecule has 1 N–H and O–H groups in total. The number of H-pyrrole nitrogens is 1. The highest BCUT2D eigenvalue weighted by Crippen LogP contribution is 2.21. The fourth-order valence-electron chi connectivity index (χ4n) is 1.63. The second-order valence-electron chi connectivity index (χ2n) is 3.67. The number of thiophene rings is 1. The molecule has 18 heavy (non-hydrogen) atoms. The van der Waals surface area contributed by atoms with Crippen molar-refractivity contribution in [3.63, 3.8) is 0 Å². The molecule has 2 aromatic heterocycles. The zero-order chi connectivity index (χ0) is 13.3. The number of nitrogens with zero attached hydrogens (tertiary/aromatic N) is 1. The maximum absolute atomic E-state index is 12.1. The van der Waals surface area contributed by atoms with Crippen LogP contribution in [0.15, 0.2) is 21.7 Å². The molecule has 0 fully saturated rings. The van der Waals surface area contributed by atoms with Crippen molar-refractivity contribution in [3.8, 4) is 0 Å². The van der Waals surface area contributed by atoms with Crippen molar-refractivity contribution < 1.29 is 0 Å². The molecular formula is C11H10Cl2N2O2S. The number of aromatic amines is 1. The summed E-state index contributed by atoms with van der Waals surface area (Å²) in [6.45, 7) is 2.02. The smallest absolute Gasteiger partial charge is 0.297 e. The van der Waals surface area contributed by atoms with Crippen molar-refractivity contribution in [2.24, 2.45) is 0 Å². The predicted molar refractivity (Wildman–Crippen MR) is 74.1 cm³/mol. The molecule has 96 valence electrons. The van der Waals surface area contributed by atoms with Crippen LogP contribution in [0, 0.1) is 0 Å². The Morgan fingerprint density at radius 3 is 2.61 bits per heavy atom. The van der Waals surface area contributed by atoms with Crippen molar-refractivity contribution in [2.75, 3.05) is 0 Å². The van der Waals surface area contributed by atoms with Gasteiger partial charge in [0.05, 0.1) is 16.4 Å². The number of aromatic nitrogens is 2. The van der Waals surface area contributed by atoms with E-state index in [2.05, 4.69) is 4.98 Å². The lowest BCUT2D eigenvalue weighted by atomic mass is 10.2. The van der Waals surface area contributed by atoms with Gasteiger partial charge in [-0.2, -0.15) is 0 Å². The number of hydrogen-bond acceptors (Lipinski definition) is 3. The Morgan fingerprint density at radius 2 is 2.06 bits per heavy atom. The van der Waals surface area contributed by atoms with Gasteiger partial charge in [0, 0.05) is 4.88 Å². The molecule has 0 saturated heterocycles. The van der Waals surface area contributed by atoms with Crippen molar-refractivity contribution >= 4 is 34.5 Å². The van der Waals surface area contributed by atoms with Gasteiger partial charge < -0.3 is 0 Å². The number of hydrogen-bond donors (Lipinski definition) is 1. The van der Waals surface area contributed by atoms with E-state index in [9.17, 15) is 9.59 Å². The molecular weight excluding hydrogens is 295 g/mol. The van der Waals surface area contributed by atoms with Crippen LogP contribution in [0.1, 0.15) is 17.4 Å². The van der Waals surface area contributed by atoms with E-state index in [4.69, 9.17) is 23.2 Å². The molecule has 0 aromatic carbocycles. The minimum absolute atomic E-state index is 0.118. The van der Waals surface area contributed by atoms with Crippen LogP contribution in [0.25, 0.3) is 0 Å². The molecule has 0 saturated carbocycles. The van der Waals surface area contributed by atoms with Crippen molar-refractivity contribution in [2.45, 2.75) is 19.9 Å². The molecule has 0 aliphatic carbocycles. The zero-order valence-electron chi connectivity index (χ0n) is 9.50. The van der Waals surface area contributed by atoms with Crippen LogP contribution in [0.5, 0.6) is 0 Å². The lowest BCUT2D eigenvalue weighted by Crippen LogP contribution is -2.37. The van der Waals surface area contributed by atoms with Crippen LogP contribution in [-0.4, -0.2) is 9.55 Å². The molecule has 7 heteroatoms. The summed E-state index contributed by atoms with van der Waals surface area (Å²) < 4.78 is 1.76. The first-order valence-electron chi connectivity index (χ1n) is 5.28. The van der Waals surface area contributed by atoms with E-state index in [0.717, 1.165) is 9.44 Å². The number of rotatable bonds is 3. The molecule has 0 unspecified atom stereocenters. The fraction of sp³-hybridized carbons (Fsp3) is 0.273. The maximum Gasteiger partial charge on any atom is 0.329 e. The molecule has 0 atom stereocenters. The van der Waals surface area contributed by atoms with Crippen molar-refractivity contribution in [3.05, 3.63) is 52.9 Å². The minimum Gasteiger partial charge on any atom is -0.297 e. The molecule has 2 aromatic rings. The monoisotopic (exact) mass is 304 g/mol. The third kappa shape index (κ3) is 2.53. The zero-order valence-corrected chi connectivity index (χ0v) is 11.8. The summed E-state index contributed by atoms with van der Waals surface area (Å²) in [5.41, 5.74) is -0.443. The van der Waals surface area contributed by atoms with E-state index < -0.39 is 5.69 Å². The summed E-state index contributed by atoms with van der Waals surface area (Å²) in [5.74, 6) is 0. The molecule has 2 rings (SSSR count). The van der Waals surface area contributed by atoms with Crippen LogP contribution in [-0.2, 0) is 13.0 Å². The van der Waals surface area contributed by atoms with Gasteiger partial charge in [0.1, 0.15) is 5.15 Å². The fourth-order valence-corrected chi connectivity index (χ4v) is 3.00. The highest BCUT2D eigenvalue weighted by molar-refractivity contribution is 7.16. The van der Waals surface area contributed by atoms with E-state index in [1.54, 1.807) is 12.1 Å². The molecule has 0 spiro atoms. The second kappa shape index (κ2) is 5.30. The van der Waals surface area contributed by atoms with Gasteiger partial charge in [-0.1, -0.05) is 30.1 Å². The Hall–Kier alpha value is -1.04. The first-order chi connectivity index (χ1) is 8.52. The lowest BCUT2D eigenvalue weighted by Gasteiger charge is -2.06. The second-order valence-corrected chi connectivity index (χ2v) is 5.85. The summed E-state index contributed by atoms with van der Waals surface area (Å²) in [6.07, 6.45) is 0.472. The Balaban J connectivity index is 2.51. The Morgan fingerprint density at radius 1 is 1.33 bits per heavy atom. The molecule has 0 aliphatic rings. The largest absolute Gasteiger partial charge is 0.329 e. The average molecular weight is 305 g/mol. The first kappa shape index (κ1) is 13.4. The van der Waals surface area contributed by atoms with E-state index in [1.807, 2.05) is 6.92 Å². The van der Waals surface area contributed by atoms with Gasteiger partial charge in [0.25, 0.3) is 5.56 Å². The summed E-state index contributed by atoms with van der Waals surface area (Å²) in [6, 6.07) is 3.52. The van der Waals surface area contributed by atoms with Gasteiger partial charge in [0.2, 0.25) is 0 Å². The molecule has 0 aliphatic heterocycles. The highest BCUT2D eigenvalue weighted by atomic mass is 35.5. The van der Waals surface area contributed by atoms with Crippen LogP contribution >= 0.6 is 34.5 Å². The topological polar surface area (TPSA) is 54.9 Å². The predicted octanol–water partition coefficient (Wildman–Crippen LogP) is 2.52. The summed E-state index contributed by atoms with van der Waals surface area (Å²) >= 11 is 13.0. The van der Waals surface area contributed by atoms with E-state index in [0.29, 0.717) is 16.3 Å². The van der Waals surface area contributed by atoms with Crippen LogP contribution in [0.3, 0.4) is 0 Å². The van der Waals surface area contributed by atoms with Crippen LogP contribution < -0.4 is 11.2 Å². The minimum atomic E-state index is -0.508. The standard InChI is InChI=1S/C11H10Cl2N2O2S/c1-2-7-9(13)14-11(17)15(10(7)16)5-6-3-4-8(12)18-6/h3-4H,2,5H2,1H3,(H,14,17). The average Bonchev–Trinajstić information content (AvgIpc) is 2.70. The van der Waals surface area contributed by atoms with E-state index >= 15 is 0 Å². The molecule has 2 heterocycles. The molecule has 0 bridgehead atoms. The lowest BCUT2D eigenvalue weighted by molar-refractivity contribution is 0.693. The Labute approximate surface area is 117 Å². The van der Waals surface area contributed by atoms with Crippen molar-refractivity contribution in [1.82, 2.24) is 9.55 Å². The van der Waals surface area contributed by atoms with Crippen LogP contribution in [0.4, 0.5) is 0 Å². The summed E-state index contributed by atoms with van der Waals surface area (Å²) in [7, 11) is 0. The van der Waals surface area contributed by atoms with Crippen molar-refractivity contribution in [1.29, 1.82) is 0 Å². The van der Waals surface area contributed by atoms with Gasteiger partial charge >= 0.3 is 5.69 Å². The van der Waals surface area contributed by atoms with Crippen LogP contribution in [0.2, 0.25) is 9.49 Å². The van der Waals surface area contributed by atoms with E-state index in [-0.39, 0.29) is 17.3 Å². The number of nitrogens with one attached hydrogen (secondary N) is 1. The molecule has 0 amide bonds. The molecule has 4 nitrogen and oxygen atoms in total.